The Bertz CT molecular complexity index is 1050. The number of ether oxygens (including phenoxy) is 1. The number of nitrogens with two attached hydrogens (primary N) is 1. The van der Waals surface area contributed by atoms with Crippen LogP contribution in [0.3, 0.4) is 0 Å². The Balaban J connectivity index is 1.81. The molecule has 0 aliphatic heterocycles. The highest BCUT2D eigenvalue weighted by atomic mass is 16.5. The zero-order chi connectivity index (χ0) is 21.9. The fourth-order valence-corrected chi connectivity index (χ4v) is 3.02. The van der Waals surface area contributed by atoms with Crippen molar-refractivity contribution in [1.29, 1.82) is 0 Å². The number of aliphatic imine (C=N–C) groups is 1. The van der Waals surface area contributed by atoms with Gasteiger partial charge < -0.3 is 15.8 Å². The summed E-state index contributed by atoms with van der Waals surface area (Å²) in [4.78, 5) is 19.9. The van der Waals surface area contributed by atoms with Crippen molar-refractivity contribution in [3.05, 3.63) is 90.3 Å². The first-order valence-corrected chi connectivity index (χ1v) is 10.0. The molecule has 1 heterocycles. The number of esters is 1. The predicted molar refractivity (Wildman–Crippen MR) is 126 cm³/mol. The number of pyridine rings is 1. The van der Waals surface area contributed by atoms with Crippen LogP contribution in [0.25, 0.3) is 16.8 Å². The van der Waals surface area contributed by atoms with Gasteiger partial charge in [0.2, 0.25) is 0 Å². The van der Waals surface area contributed by atoms with Gasteiger partial charge in [-0.2, -0.15) is 0 Å². The summed E-state index contributed by atoms with van der Waals surface area (Å²) >= 11 is 0. The number of hydrogen-bond acceptors (Lipinski definition) is 6. The second kappa shape index (κ2) is 11.3. The summed E-state index contributed by atoms with van der Waals surface area (Å²) in [5, 5.41) is 3.28. The first kappa shape index (κ1) is 21.8. The fraction of sp³-hybridized carbons (Fsp3) is 0.160. The quantitative estimate of drug-likeness (QED) is 0.403. The summed E-state index contributed by atoms with van der Waals surface area (Å²) in [6.07, 6.45) is 7.28. The van der Waals surface area contributed by atoms with Gasteiger partial charge in [0.05, 0.1) is 20.1 Å². The van der Waals surface area contributed by atoms with Crippen molar-refractivity contribution in [2.24, 2.45) is 10.7 Å². The number of allylic oxidation sites excluding steroid dienone is 1. The molecule has 0 saturated carbocycles. The highest BCUT2D eigenvalue weighted by Gasteiger charge is 2.09. The van der Waals surface area contributed by atoms with Crippen LogP contribution in [-0.2, 0) is 16.1 Å². The number of nitrogens with zero attached hydrogens (tertiary/aromatic N) is 2. The smallest absolute Gasteiger partial charge is 0.307 e. The lowest BCUT2D eigenvalue weighted by Crippen LogP contribution is -2.11. The average molecular weight is 415 g/mol. The van der Waals surface area contributed by atoms with Gasteiger partial charge in [-0.3, -0.25) is 14.8 Å². The molecule has 0 bridgehead atoms. The molecule has 31 heavy (non-hydrogen) atoms. The minimum atomic E-state index is -0.263. The van der Waals surface area contributed by atoms with Gasteiger partial charge in [0, 0.05) is 42.1 Å². The third-order valence-corrected chi connectivity index (χ3v) is 4.67. The minimum absolute atomic E-state index is 0.263. The molecular formula is C25H26N4O2. The van der Waals surface area contributed by atoms with Crippen LogP contribution in [0.2, 0.25) is 0 Å². The maximum atomic E-state index is 11.4. The van der Waals surface area contributed by atoms with Crippen molar-refractivity contribution in [3.63, 3.8) is 0 Å². The van der Waals surface area contributed by atoms with Crippen LogP contribution < -0.4 is 11.1 Å². The van der Waals surface area contributed by atoms with Crippen molar-refractivity contribution in [3.8, 4) is 11.1 Å². The Morgan fingerprint density at radius 3 is 2.71 bits per heavy atom. The molecule has 0 aliphatic rings. The van der Waals surface area contributed by atoms with Crippen molar-refractivity contribution in [1.82, 2.24) is 4.98 Å². The van der Waals surface area contributed by atoms with Gasteiger partial charge in [-0.25, -0.2) is 0 Å². The Morgan fingerprint density at radius 2 is 1.97 bits per heavy atom. The number of hydrogen-bond donors (Lipinski definition) is 2. The van der Waals surface area contributed by atoms with E-state index >= 15 is 0 Å². The second-order valence-corrected chi connectivity index (χ2v) is 6.85. The van der Waals surface area contributed by atoms with Crippen LogP contribution in [0.4, 0.5) is 5.69 Å². The van der Waals surface area contributed by atoms with E-state index in [2.05, 4.69) is 27.4 Å². The highest BCUT2D eigenvalue weighted by Crippen LogP contribution is 2.28. The van der Waals surface area contributed by atoms with Gasteiger partial charge in [-0.15, -0.1) is 0 Å². The maximum Gasteiger partial charge on any atom is 0.307 e. The Kier molecular flexibility index (Phi) is 7.94. The lowest BCUT2D eigenvalue weighted by Gasteiger charge is -2.14. The number of rotatable bonds is 9. The van der Waals surface area contributed by atoms with E-state index in [0.717, 1.165) is 27.9 Å². The van der Waals surface area contributed by atoms with Crippen LogP contribution in [-0.4, -0.2) is 30.8 Å². The molecule has 6 nitrogen and oxygen atoms in total. The molecule has 0 amide bonds. The van der Waals surface area contributed by atoms with E-state index in [4.69, 9.17) is 10.5 Å². The summed E-state index contributed by atoms with van der Waals surface area (Å²) in [5.41, 5.74) is 11.9. The zero-order valence-electron chi connectivity index (χ0n) is 17.5. The lowest BCUT2D eigenvalue weighted by atomic mass is 10.00. The fourth-order valence-electron chi connectivity index (χ4n) is 3.02. The third-order valence-electron chi connectivity index (χ3n) is 4.67. The van der Waals surface area contributed by atoms with Gasteiger partial charge >= 0.3 is 5.97 Å². The summed E-state index contributed by atoms with van der Waals surface area (Å²) in [6.45, 7) is 0.985. The minimum Gasteiger partial charge on any atom is -0.469 e. The van der Waals surface area contributed by atoms with Gasteiger partial charge in [0.1, 0.15) is 0 Å². The predicted octanol–water partition coefficient (Wildman–Crippen LogP) is 4.29. The van der Waals surface area contributed by atoms with Gasteiger partial charge in [0.25, 0.3) is 0 Å². The maximum absolute atomic E-state index is 11.4. The Labute approximate surface area is 182 Å². The largest absolute Gasteiger partial charge is 0.469 e. The zero-order valence-corrected chi connectivity index (χ0v) is 17.5. The molecule has 0 spiro atoms. The van der Waals surface area contributed by atoms with Crippen LogP contribution in [0, 0.1) is 0 Å². The van der Waals surface area contributed by atoms with Gasteiger partial charge in [0.15, 0.2) is 0 Å². The van der Waals surface area contributed by atoms with Crippen LogP contribution in [0.5, 0.6) is 0 Å². The van der Waals surface area contributed by atoms with Crippen molar-refractivity contribution >= 4 is 23.6 Å². The number of carbonyl (C=O) groups is 1. The summed E-state index contributed by atoms with van der Waals surface area (Å²) in [7, 11) is 1.38. The number of benzene rings is 2. The number of nitrogens with one attached hydrogen (secondary N) is 1. The van der Waals surface area contributed by atoms with E-state index in [1.807, 2.05) is 48.5 Å². The highest BCUT2D eigenvalue weighted by molar-refractivity contribution is 5.88. The Morgan fingerprint density at radius 1 is 1.13 bits per heavy atom. The molecule has 0 fully saturated rings. The van der Waals surface area contributed by atoms with E-state index < -0.39 is 0 Å². The number of methoxy groups -OCH3 is 1. The third kappa shape index (κ3) is 6.54. The normalized spacial score (nSPS) is 11.5. The monoisotopic (exact) mass is 414 g/mol. The molecular weight excluding hydrogens is 388 g/mol. The molecule has 3 aromatic rings. The van der Waals surface area contributed by atoms with Crippen molar-refractivity contribution in [2.75, 3.05) is 19.0 Å². The van der Waals surface area contributed by atoms with Crippen LogP contribution >= 0.6 is 0 Å². The average Bonchev–Trinajstić information content (AvgIpc) is 2.83. The summed E-state index contributed by atoms with van der Waals surface area (Å²) in [6, 6.07) is 20.0. The van der Waals surface area contributed by atoms with E-state index in [1.54, 1.807) is 24.7 Å². The molecule has 1 aromatic heterocycles. The summed E-state index contributed by atoms with van der Waals surface area (Å²) in [5.74, 6) is -0.263. The van der Waals surface area contributed by atoms with E-state index in [0.29, 0.717) is 18.8 Å². The van der Waals surface area contributed by atoms with E-state index in [9.17, 15) is 4.79 Å². The van der Waals surface area contributed by atoms with Crippen LogP contribution in [0.1, 0.15) is 17.5 Å². The number of carbonyl (C=O) groups excluding carboxylic acids is 1. The molecule has 0 unspecified atom stereocenters. The number of aromatic nitrogens is 1. The van der Waals surface area contributed by atoms with Gasteiger partial charge in [-0.05, 0) is 41.0 Å². The first-order chi connectivity index (χ1) is 15.2. The van der Waals surface area contributed by atoms with Crippen LogP contribution in [0.15, 0.2) is 84.1 Å². The summed E-state index contributed by atoms with van der Waals surface area (Å²) < 4.78 is 4.71. The molecule has 0 aliphatic carbocycles. The molecule has 0 atom stereocenters. The van der Waals surface area contributed by atoms with Gasteiger partial charge in [-0.1, -0.05) is 42.5 Å². The number of anilines is 1. The molecule has 3 N–H and O–H groups in total. The molecule has 0 saturated heterocycles. The molecule has 3 rings (SSSR count). The Hall–Kier alpha value is -3.93. The van der Waals surface area contributed by atoms with E-state index in [1.165, 1.54) is 7.11 Å². The topological polar surface area (TPSA) is 89.6 Å². The molecule has 0 radical (unpaired) electrons. The van der Waals surface area contributed by atoms with Crippen molar-refractivity contribution < 1.29 is 9.53 Å². The SMILES string of the molecule is COC(=O)CCNc1ccc(-c2ccccc2)cc1/C(N)=C/C=NCc1cccnc1. The molecule has 158 valence electrons. The lowest BCUT2D eigenvalue weighted by molar-refractivity contribution is -0.140. The van der Waals surface area contributed by atoms with Crippen molar-refractivity contribution in [2.45, 2.75) is 13.0 Å². The van der Waals surface area contributed by atoms with E-state index in [-0.39, 0.29) is 12.4 Å². The molecule has 2 aromatic carbocycles. The second-order valence-electron chi connectivity index (χ2n) is 6.85. The first-order valence-electron chi connectivity index (χ1n) is 10.0. The molecule has 6 heteroatoms. The standard InChI is InChI=1S/C25H26N4O2/c1-31-25(30)12-15-29-24-10-9-21(20-7-3-2-4-8-20)16-22(24)23(26)11-14-28-18-19-6-5-13-27-17-19/h2-11,13-14,16-17,29H,12,15,18,26H2,1H3/b23-11-,28-14?.